The van der Waals surface area contributed by atoms with Gasteiger partial charge in [0.05, 0.1) is 37.6 Å². The number of hydrogen-bond acceptors (Lipinski definition) is 6. The van der Waals surface area contributed by atoms with Crippen LogP contribution in [0.4, 0.5) is 5.69 Å². The number of nitrogens with zero attached hydrogens (tertiary/aromatic N) is 2. The maximum absolute atomic E-state index is 11.3. The van der Waals surface area contributed by atoms with Gasteiger partial charge in [0.1, 0.15) is 0 Å². The maximum Gasteiger partial charge on any atom is 0.307 e. The third-order valence-corrected chi connectivity index (χ3v) is 3.58. The largest absolute Gasteiger partial charge is 0.469 e. The van der Waals surface area contributed by atoms with Crippen molar-refractivity contribution >= 4 is 24.1 Å². The van der Waals surface area contributed by atoms with E-state index in [1.165, 1.54) is 7.11 Å². The van der Waals surface area contributed by atoms with Crippen LogP contribution in [0.5, 0.6) is 0 Å². The van der Waals surface area contributed by atoms with E-state index < -0.39 is 6.04 Å². The van der Waals surface area contributed by atoms with Crippen molar-refractivity contribution < 1.29 is 14.3 Å². The first-order valence-corrected chi connectivity index (χ1v) is 7.07. The van der Waals surface area contributed by atoms with Gasteiger partial charge in [0.25, 0.3) is 0 Å². The molecule has 1 unspecified atom stereocenters. The van der Waals surface area contributed by atoms with Crippen LogP contribution >= 0.6 is 12.4 Å². The van der Waals surface area contributed by atoms with E-state index in [-0.39, 0.29) is 30.4 Å². The molecule has 6 nitrogen and oxygen atoms in total. The monoisotopic (exact) mass is 329 g/mol. The zero-order valence-electron chi connectivity index (χ0n) is 13.2. The van der Waals surface area contributed by atoms with Gasteiger partial charge in [-0.2, -0.15) is 0 Å². The molecule has 1 fully saturated rings. The Hall–Kier alpha value is -1.37. The van der Waals surface area contributed by atoms with Gasteiger partial charge in [-0.25, -0.2) is 0 Å². The number of ether oxygens (including phenoxy) is 2. The van der Waals surface area contributed by atoms with E-state index in [9.17, 15) is 4.79 Å². The summed E-state index contributed by atoms with van der Waals surface area (Å²) < 4.78 is 10.4. The van der Waals surface area contributed by atoms with Gasteiger partial charge in [-0.3, -0.25) is 9.78 Å². The first-order chi connectivity index (χ1) is 9.91. The van der Waals surface area contributed by atoms with Crippen LogP contribution in [-0.4, -0.2) is 43.4 Å². The quantitative estimate of drug-likeness (QED) is 0.847. The Labute approximate surface area is 137 Å². The van der Waals surface area contributed by atoms with Crippen LogP contribution < -0.4 is 10.6 Å². The van der Waals surface area contributed by atoms with Gasteiger partial charge in [0, 0.05) is 25.3 Å². The Kier molecular flexibility index (Phi) is 6.59. The molecular formula is C15H24ClN3O3. The fourth-order valence-corrected chi connectivity index (χ4v) is 2.44. The number of anilines is 1. The highest BCUT2D eigenvalue weighted by molar-refractivity contribution is 5.85. The van der Waals surface area contributed by atoms with Crippen molar-refractivity contribution in [2.75, 3.05) is 31.7 Å². The van der Waals surface area contributed by atoms with Crippen LogP contribution in [0.15, 0.2) is 18.5 Å². The summed E-state index contributed by atoms with van der Waals surface area (Å²) in [5.41, 5.74) is 7.70. The van der Waals surface area contributed by atoms with Gasteiger partial charge >= 0.3 is 5.97 Å². The molecule has 1 aromatic heterocycles. The minimum Gasteiger partial charge on any atom is -0.469 e. The molecule has 1 aliphatic rings. The smallest absolute Gasteiger partial charge is 0.307 e. The molecule has 1 saturated heterocycles. The van der Waals surface area contributed by atoms with Crippen LogP contribution in [0.25, 0.3) is 0 Å². The van der Waals surface area contributed by atoms with E-state index in [1.807, 2.05) is 12.3 Å². The number of methoxy groups -OCH3 is 1. The topological polar surface area (TPSA) is 77.7 Å². The SMILES string of the molecule is COC(=O)CC(N)c1cncc(N2CCOC(C)(C)C2)c1.Cl. The average molecular weight is 330 g/mol. The molecule has 0 radical (unpaired) electrons. The molecule has 2 rings (SSSR count). The fourth-order valence-electron chi connectivity index (χ4n) is 2.44. The van der Waals surface area contributed by atoms with E-state index in [2.05, 4.69) is 28.5 Å². The number of esters is 1. The molecular weight excluding hydrogens is 306 g/mol. The van der Waals surface area contributed by atoms with Crippen LogP contribution in [-0.2, 0) is 14.3 Å². The molecule has 1 aromatic rings. The Balaban J connectivity index is 0.00000242. The molecule has 0 bridgehead atoms. The van der Waals surface area contributed by atoms with E-state index in [0.29, 0.717) is 6.61 Å². The Bertz CT molecular complexity index is 511. The van der Waals surface area contributed by atoms with Gasteiger partial charge in [-0.05, 0) is 25.5 Å². The zero-order chi connectivity index (χ0) is 15.5. The molecule has 124 valence electrons. The van der Waals surface area contributed by atoms with E-state index in [4.69, 9.17) is 10.5 Å². The highest BCUT2D eigenvalue weighted by Crippen LogP contribution is 2.25. The number of morpholine rings is 1. The second kappa shape index (κ2) is 7.76. The molecule has 2 N–H and O–H groups in total. The van der Waals surface area contributed by atoms with Gasteiger partial charge in [-0.15, -0.1) is 12.4 Å². The number of nitrogens with two attached hydrogens (primary N) is 1. The summed E-state index contributed by atoms with van der Waals surface area (Å²) in [6.45, 7) is 6.44. The summed E-state index contributed by atoms with van der Waals surface area (Å²) in [6, 6.07) is 1.58. The summed E-state index contributed by atoms with van der Waals surface area (Å²) in [5.74, 6) is -0.319. The summed E-state index contributed by atoms with van der Waals surface area (Å²) in [5, 5.41) is 0. The number of pyridine rings is 1. The van der Waals surface area contributed by atoms with Gasteiger partial charge in [-0.1, -0.05) is 0 Å². The second-order valence-electron chi connectivity index (χ2n) is 5.89. The minimum atomic E-state index is -0.404. The standard InChI is InChI=1S/C15H23N3O3.ClH/c1-15(2)10-18(4-5-21-15)12-6-11(8-17-9-12)13(16)7-14(19)20-3;/h6,8-9,13H,4-5,7,10,16H2,1-3H3;1H. The van der Waals surface area contributed by atoms with Crippen molar-refractivity contribution in [3.05, 3.63) is 24.0 Å². The minimum absolute atomic E-state index is 0. The zero-order valence-corrected chi connectivity index (χ0v) is 14.1. The molecule has 0 saturated carbocycles. The van der Waals surface area contributed by atoms with Crippen molar-refractivity contribution in [1.82, 2.24) is 4.98 Å². The predicted octanol–water partition coefficient (Wildman–Crippen LogP) is 1.68. The Morgan fingerprint density at radius 1 is 1.55 bits per heavy atom. The normalized spacial score (nSPS) is 18.3. The van der Waals surface area contributed by atoms with Crippen LogP contribution in [0.2, 0.25) is 0 Å². The van der Waals surface area contributed by atoms with Crippen molar-refractivity contribution in [3.8, 4) is 0 Å². The molecule has 0 amide bonds. The first-order valence-electron chi connectivity index (χ1n) is 7.07. The fraction of sp³-hybridized carbons (Fsp3) is 0.600. The number of halogens is 1. The Morgan fingerprint density at radius 3 is 2.91 bits per heavy atom. The van der Waals surface area contributed by atoms with Crippen molar-refractivity contribution in [2.45, 2.75) is 31.9 Å². The molecule has 0 aliphatic carbocycles. The van der Waals surface area contributed by atoms with E-state index in [0.717, 1.165) is 24.3 Å². The highest BCUT2D eigenvalue weighted by Gasteiger charge is 2.27. The average Bonchev–Trinajstić information content (AvgIpc) is 2.46. The lowest BCUT2D eigenvalue weighted by Gasteiger charge is -2.39. The lowest BCUT2D eigenvalue weighted by molar-refractivity contribution is -0.141. The summed E-state index contributed by atoms with van der Waals surface area (Å²) in [4.78, 5) is 17.8. The number of rotatable bonds is 4. The summed E-state index contributed by atoms with van der Waals surface area (Å²) in [7, 11) is 1.36. The van der Waals surface area contributed by atoms with Crippen molar-refractivity contribution in [2.24, 2.45) is 5.73 Å². The van der Waals surface area contributed by atoms with Crippen LogP contribution in [0.3, 0.4) is 0 Å². The summed E-state index contributed by atoms with van der Waals surface area (Å²) in [6.07, 6.45) is 3.66. The maximum atomic E-state index is 11.3. The number of carbonyl (C=O) groups excluding carboxylic acids is 1. The van der Waals surface area contributed by atoms with Crippen LogP contribution in [0.1, 0.15) is 31.9 Å². The predicted molar refractivity (Wildman–Crippen MR) is 87.3 cm³/mol. The second-order valence-corrected chi connectivity index (χ2v) is 5.89. The molecule has 2 heterocycles. The van der Waals surface area contributed by atoms with Gasteiger partial charge in [0.15, 0.2) is 0 Å². The molecule has 0 aromatic carbocycles. The number of hydrogen-bond donors (Lipinski definition) is 1. The molecule has 22 heavy (non-hydrogen) atoms. The van der Waals surface area contributed by atoms with Crippen LogP contribution in [0, 0.1) is 0 Å². The van der Waals surface area contributed by atoms with Gasteiger partial charge < -0.3 is 20.1 Å². The Morgan fingerprint density at radius 2 is 2.27 bits per heavy atom. The summed E-state index contributed by atoms with van der Waals surface area (Å²) >= 11 is 0. The number of carbonyl (C=O) groups is 1. The van der Waals surface area contributed by atoms with Crippen molar-refractivity contribution in [3.63, 3.8) is 0 Å². The third kappa shape index (κ3) is 4.83. The first kappa shape index (κ1) is 18.7. The number of aromatic nitrogens is 1. The molecule has 1 aliphatic heterocycles. The molecule has 1 atom stereocenters. The lowest BCUT2D eigenvalue weighted by atomic mass is 10.0. The highest BCUT2D eigenvalue weighted by atomic mass is 35.5. The third-order valence-electron chi connectivity index (χ3n) is 3.58. The lowest BCUT2D eigenvalue weighted by Crippen LogP contribution is -2.48. The van der Waals surface area contributed by atoms with E-state index >= 15 is 0 Å². The van der Waals surface area contributed by atoms with E-state index in [1.54, 1.807) is 6.20 Å². The van der Waals surface area contributed by atoms with Crippen molar-refractivity contribution in [1.29, 1.82) is 0 Å². The van der Waals surface area contributed by atoms with Gasteiger partial charge in [0.2, 0.25) is 0 Å². The molecule has 0 spiro atoms. The molecule has 7 heteroatoms.